The summed E-state index contributed by atoms with van der Waals surface area (Å²) in [7, 11) is -4.67. The summed E-state index contributed by atoms with van der Waals surface area (Å²) in [5.74, 6) is -0.585. The van der Waals surface area contributed by atoms with Gasteiger partial charge in [0.25, 0.3) is 5.91 Å². The number of halogens is 3. The molecule has 1 atom stereocenters. The average Bonchev–Trinajstić information content (AvgIpc) is 2.72. The topological polar surface area (TPSA) is 187 Å². The van der Waals surface area contributed by atoms with Crippen molar-refractivity contribution >= 4 is 87.5 Å². The summed E-state index contributed by atoms with van der Waals surface area (Å²) in [4.78, 5) is 22.2. The number of hydrogen-bond donors (Lipinski definition) is 6. The molecule has 0 aliphatic heterocycles. The van der Waals surface area contributed by atoms with E-state index in [-0.39, 0.29) is 56.2 Å². The van der Waals surface area contributed by atoms with Crippen LogP contribution in [0.25, 0.3) is 0 Å². The monoisotopic (exact) mass is 822 g/mol. The Morgan fingerprint density at radius 3 is 2.00 bits per heavy atom. The van der Waals surface area contributed by atoms with Crippen LogP contribution in [-0.4, -0.2) is 57.7 Å². The number of carboxylic acid groups (broad SMARTS) is 1. The van der Waals surface area contributed by atoms with E-state index in [1.807, 2.05) is 24.5 Å². The van der Waals surface area contributed by atoms with Gasteiger partial charge in [-0.1, -0.05) is 18.2 Å². The number of anilines is 1. The summed E-state index contributed by atoms with van der Waals surface area (Å²) in [5, 5.41) is 21.0. The first kappa shape index (κ1) is 39.6. The van der Waals surface area contributed by atoms with Crippen molar-refractivity contribution in [2.75, 3.05) is 17.3 Å². The van der Waals surface area contributed by atoms with Gasteiger partial charge in [-0.15, -0.1) is 0 Å². The van der Waals surface area contributed by atoms with Crippen LogP contribution in [0, 0.1) is 0 Å². The van der Waals surface area contributed by atoms with Gasteiger partial charge in [-0.05, 0) is 84.4 Å². The van der Waals surface area contributed by atoms with Crippen molar-refractivity contribution in [1.82, 2.24) is 0 Å². The van der Waals surface area contributed by atoms with E-state index < -0.39 is 22.4 Å². The molecule has 2 aromatic carbocycles. The fraction of sp³-hybridized carbons (Fsp3) is 0.222. The molecule has 0 aliphatic carbocycles. The number of phenols is 1. The largest absolute Gasteiger partial charge is 0.506 e. The number of phenolic OH excluding ortho intramolecular Hbond substituents is 1. The van der Waals surface area contributed by atoms with E-state index >= 15 is 0 Å². The number of benzene rings is 2. The summed E-state index contributed by atoms with van der Waals surface area (Å²) < 4.78 is 33.3. The van der Waals surface area contributed by atoms with Crippen molar-refractivity contribution < 1.29 is 76.3 Å². The number of rotatable bonds is 6. The Morgan fingerprint density at radius 1 is 1.09 bits per heavy atom. The molecule has 0 spiro atoms. The second-order valence-electron chi connectivity index (χ2n) is 5.88. The van der Waals surface area contributed by atoms with Gasteiger partial charge in [0.05, 0.1) is 10.0 Å². The molecule has 1 unspecified atom stereocenters. The van der Waals surface area contributed by atoms with Gasteiger partial charge in [0.2, 0.25) is 0 Å². The third-order valence-corrected chi connectivity index (χ3v) is 7.29. The van der Waals surface area contributed by atoms with Gasteiger partial charge < -0.3 is 21.3 Å². The molecule has 2 aromatic rings. The van der Waals surface area contributed by atoms with Crippen molar-refractivity contribution in [2.45, 2.75) is 12.5 Å². The van der Waals surface area contributed by atoms with Crippen LogP contribution < -0.4 is 11.1 Å². The first-order valence-corrected chi connectivity index (χ1v) is 13.8. The second-order valence-corrected chi connectivity index (χ2v) is 10.2. The minimum absolute atomic E-state index is 0. The molecule has 2 rings (SSSR count). The van der Waals surface area contributed by atoms with Gasteiger partial charge in [0.1, 0.15) is 11.8 Å². The number of aromatic hydroxyl groups is 1. The molecule has 17 heteroatoms. The molecule has 7 N–H and O–H groups in total. The molecule has 10 nitrogen and oxygen atoms in total. The van der Waals surface area contributed by atoms with Gasteiger partial charge in [0.15, 0.2) is 0 Å². The number of aliphatic carboxylic acids is 1. The van der Waals surface area contributed by atoms with Crippen LogP contribution in [0.15, 0.2) is 49.8 Å². The van der Waals surface area contributed by atoms with E-state index in [4.69, 9.17) is 28.4 Å². The Labute approximate surface area is 258 Å². The van der Waals surface area contributed by atoms with Crippen molar-refractivity contribution in [3.8, 4) is 5.75 Å². The van der Waals surface area contributed by atoms with Gasteiger partial charge in [-0.2, -0.15) is 20.2 Å². The third kappa shape index (κ3) is 18.0. The minimum Gasteiger partial charge on any atom is -0.506 e. The zero-order valence-electron chi connectivity index (χ0n) is 18.3. The van der Waals surface area contributed by atoms with E-state index in [1.54, 1.807) is 30.0 Å². The van der Waals surface area contributed by atoms with Crippen LogP contribution in [0.3, 0.4) is 0 Å². The smallest absolute Gasteiger partial charge is 0.394 e. The van der Waals surface area contributed by atoms with Crippen molar-refractivity contribution in [3.05, 3.63) is 55.4 Å². The van der Waals surface area contributed by atoms with Crippen LogP contribution >= 0.6 is 59.6 Å². The van der Waals surface area contributed by atoms with Gasteiger partial charge in [0, 0.05) is 53.6 Å². The van der Waals surface area contributed by atoms with Crippen molar-refractivity contribution in [3.63, 3.8) is 0 Å². The predicted octanol–water partition coefficient (Wildman–Crippen LogP) is 4.43. The molecule has 0 bridgehead atoms. The average molecular weight is 828 g/mol. The fourth-order valence-electron chi connectivity index (χ4n) is 1.85. The standard InChI is InChI=1S/C13H8Br3NO2.C5H11NO2S.H2O4S.2Zn/c14-9-6-8(12(18)11(16)10(9)15)13(19)17-7-4-2-1-3-5-7;1-9-3-2-4(6)5(7)8;1-5(2,3)4;;/h1-6,18H,(H,17,19);4H,2-3,6H2,1H3,(H,7,8);(H2,1,2,3,4);;. The normalized spacial score (nSPS) is 10.6. The number of hydrogen-bond acceptors (Lipinski definition) is 7. The van der Waals surface area contributed by atoms with Gasteiger partial charge in [-0.3, -0.25) is 18.7 Å². The Kier molecular flexibility index (Phi) is 22.7. The number of nitrogens with one attached hydrogen (secondary N) is 1. The predicted molar refractivity (Wildman–Crippen MR) is 138 cm³/mol. The third-order valence-electron chi connectivity index (χ3n) is 3.36. The number of nitrogens with two attached hydrogens (primary N) is 1. The number of para-hydroxylation sites is 1. The number of amides is 1. The van der Waals surface area contributed by atoms with Gasteiger partial charge >= 0.3 is 16.4 Å². The molecule has 0 heterocycles. The van der Waals surface area contributed by atoms with Crippen LogP contribution in [0.1, 0.15) is 16.8 Å². The Hall–Kier alpha value is 0.0468. The maximum atomic E-state index is 12.1. The van der Waals surface area contributed by atoms with E-state index in [0.717, 1.165) is 5.75 Å². The zero-order chi connectivity index (χ0) is 25.8. The summed E-state index contributed by atoms with van der Waals surface area (Å²) in [6, 6.07) is 9.93. The molecule has 0 saturated heterocycles. The first-order chi connectivity index (χ1) is 15.2. The molecular formula is C18H21Br3N2O8S2Zn2. The van der Waals surface area contributed by atoms with Crippen LogP contribution in [0.4, 0.5) is 5.69 Å². The Morgan fingerprint density at radius 2 is 1.57 bits per heavy atom. The Balaban J connectivity index is -0.000000541. The van der Waals surface area contributed by atoms with Crippen molar-refractivity contribution in [1.29, 1.82) is 0 Å². The molecular weight excluding hydrogens is 807 g/mol. The molecule has 35 heavy (non-hydrogen) atoms. The molecule has 0 aromatic heterocycles. The summed E-state index contributed by atoms with van der Waals surface area (Å²) in [5.41, 5.74) is 6.04. The minimum atomic E-state index is -4.67. The summed E-state index contributed by atoms with van der Waals surface area (Å²) in [6.07, 6.45) is 2.48. The van der Waals surface area contributed by atoms with Gasteiger partial charge in [-0.25, -0.2) is 0 Å². The maximum Gasteiger partial charge on any atom is 0.394 e. The number of carbonyl (C=O) groups excluding carboxylic acids is 1. The molecule has 188 valence electrons. The molecule has 1 amide bonds. The van der Waals surface area contributed by atoms with E-state index in [9.17, 15) is 14.7 Å². The van der Waals surface area contributed by atoms with Crippen LogP contribution in [0.5, 0.6) is 5.75 Å². The number of carbonyl (C=O) groups is 2. The van der Waals surface area contributed by atoms with Crippen LogP contribution in [0.2, 0.25) is 0 Å². The summed E-state index contributed by atoms with van der Waals surface area (Å²) in [6.45, 7) is 0. The molecule has 0 saturated carbocycles. The van der Waals surface area contributed by atoms with E-state index in [0.29, 0.717) is 25.5 Å². The molecule has 0 fully saturated rings. The first-order valence-electron chi connectivity index (χ1n) is 8.59. The quantitative estimate of drug-likeness (QED) is 0.138. The van der Waals surface area contributed by atoms with E-state index in [2.05, 4.69) is 53.1 Å². The van der Waals surface area contributed by atoms with Crippen molar-refractivity contribution in [2.24, 2.45) is 5.73 Å². The number of carboxylic acids is 1. The SMILES string of the molecule is CSCCC(N)C(=O)O.O=C(Nc1ccccc1)c1cc(Br)c(Br)c(Br)c1O.O=S(=O)(O)O.[Zn].[Zn]. The van der Waals surface area contributed by atoms with E-state index in [1.165, 1.54) is 0 Å². The zero-order valence-corrected chi connectivity index (χ0v) is 30.6. The maximum absolute atomic E-state index is 12.1. The second kappa shape index (κ2) is 20.1. The number of thioether (sulfide) groups is 1. The fourth-order valence-corrected chi connectivity index (χ4v) is 3.76. The Bertz CT molecular complexity index is 1040. The molecule has 0 aliphatic rings. The molecule has 0 radical (unpaired) electrons. The van der Waals surface area contributed by atoms with Crippen LogP contribution in [-0.2, 0) is 54.1 Å². The summed E-state index contributed by atoms with van der Waals surface area (Å²) >= 11 is 11.4.